The first-order chi connectivity index (χ1) is 12.7. The SMILES string of the molecule is CN(C)CCOc1ccc(C(C)(C)C)cc1C(=O)C=Cc1ccc(O)cc1. The van der Waals surface area contributed by atoms with Gasteiger partial charge in [-0.2, -0.15) is 0 Å². The van der Waals surface area contributed by atoms with E-state index in [0.717, 1.165) is 17.7 Å². The number of benzene rings is 2. The molecule has 144 valence electrons. The second kappa shape index (κ2) is 8.87. The number of likely N-dealkylation sites (N-methyl/N-ethyl adjacent to an activating group) is 1. The second-order valence-electron chi connectivity index (χ2n) is 7.90. The number of ketones is 1. The normalized spacial score (nSPS) is 11.9. The summed E-state index contributed by atoms with van der Waals surface area (Å²) >= 11 is 0. The molecule has 1 N–H and O–H groups in total. The van der Waals surface area contributed by atoms with Gasteiger partial charge in [0.05, 0.1) is 5.56 Å². The molecule has 0 spiro atoms. The summed E-state index contributed by atoms with van der Waals surface area (Å²) in [6.45, 7) is 7.65. The molecule has 27 heavy (non-hydrogen) atoms. The first kappa shape index (κ1) is 20.7. The third-order valence-electron chi connectivity index (χ3n) is 4.23. The molecule has 0 saturated heterocycles. The highest BCUT2D eigenvalue weighted by Gasteiger charge is 2.18. The van der Waals surface area contributed by atoms with E-state index in [4.69, 9.17) is 4.74 Å². The van der Waals surface area contributed by atoms with Crippen LogP contribution < -0.4 is 4.74 Å². The zero-order valence-electron chi connectivity index (χ0n) is 16.8. The Hall–Kier alpha value is -2.59. The zero-order chi connectivity index (χ0) is 20.0. The molecule has 0 heterocycles. The molecule has 0 aliphatic rings. The lowest BCUT2D eigenvalue weighted by Gasteiger charge is -2.21. The van der Waals surface area contributed by atoms with Gasteiger partial charge in [-0.25, -0.2) is 0 Å². The summed E-state index contributed by atoms with van der Waals surface area (Å²) in [6, 6.07) is 12.6. The van der Waals surface area contributed by atoms with Crippen LogP contribution in [-0.2, 0) is 5.41 Å². The van der Waals surface area contributed by atoms with Crippen molar-refractivity contribution in [3.8, 4) is 11.5 Å². The highest BCUT2D eigenvalue weighted by atomic mass is 16.5. The number of hydrogen-bond acceptors (Lipinski definition) is 4. The highest BCUT2D eigenvalue weighted by Crippen LogP contribution is 2.29. The molecule has 2 rings (SSSR count). The minimum Gasteiger partial charge on any atom is -0.508 e. The molecule has 0 aliphatic carbocycles. The quantitative estimate of drug-likeness (QED) is 0.577. The number of allylic oxidation sites excluding steroid dienone is 1. The van der Waals surface area contributed by atoms with Crippen LogP contribution in [0.3, 0.4) is 0 Å². The fraction of sp³-hybridized carbons (Fsp3) is 0.348. The summed E-state index contributed by atoms with van der Waals surface area (Å²) in [5.41, 5.74) is 2.45. The van der Waals surface area contributed by atoms with E-state index in [9.17, 15) is 9.90 Å². The Bertz CT molecular complexity index is 799. The molecule has 0 amide bonds. The largest absolute Gasteiger partial charge is 0.508 e. The van der Waals surface area contributed by atoms with Crippen molar-refractivity contribution in [2.75, 3.05) is 27.2 Å². The van der Waals surface area contributed by atoms with Gasteiger partial charge in [0.25, 0.3) is 0 Å². The maximum absolute atomic E-state index is 12.9. The number of nitrogens with zero attached hydrogens (tertiary/aromatic N) is 1. The maximum Gasteiger partial charge on any atom is 0.189 e. The third kappa shape index (κ3) is 6.26. The predicted octanol–water partition coefficient (Wildman–Crippen LogP) is 4.53. The Kier molecular flexibility index (Phi) is 6.81. The van der Waals surface area contributed by atoms with Crippen molar-refractivity contribution >= 4 is 11.9 Å². The van der Waals surface area contributed by atoms with Crippen LogP contribution in [0.2, 0.25) is 0 Å². The summed E-state index contributed by atoms with van der Waals surface area (Å²) in [7, 11) is 3.97. The van der Waals surface area contributed by atoms with Crippen LogP contribution in [-0.4, -0.2) is 43.0 Å². The topological polar surface area (TPSA) is 49.8 Å². The number of phenols is 1. The van der Waals surface area contributed by atoms with E-state index < -0.39 is 0 Å². The first-order valence-electron chi connectivity index (χ1n) is 9.10. The molecule has 4 nitrogen and oxygen atoms in total. The molecule has 2 aromatic rings. The average Bonchev–Trinajstić information content (AvgIpc) is 2.60. The van der Waals surface area contributed by atoms with Crippen molar-refractivity contribution in [3.05, 3.63) is 65.2 Å². The van der Waals surface area contributed by atoms with Gasteiger partial charge >= 0.3 is 0 Å². The van der Waals surface area contributed by atoms with Crippen LogP contribution in [0.5, 0.6) is 11.5 Å². The van der Waals surface area contributed by atoms with Gasteiger partial charge in [0, 0.05) is 6.54 Å². The Morgan fingerprint density at radius 3 is 2.37 bits per heavy atom. The molecule has 0 radical (unpaired) electrons. The molecule has 0 bridgehead atoms. The average molecular weight is 367 g/mol. The summed E-state index contributed by atoms with van der Waals surface area (Å²) in [6.07, 6.45) is 3.29. The van der Waals surface area contributed by atoms with Gasteiger partial charge in [0.1, 0.15) is 18.1 Å². The summed E-state index contributed by atoms with van der Waals surface area (Å²) in [4.78, 5) is 14.9. The van der Waals surface area contributed by atoms with Crippen LogP contribution in [0, 0.1) is 0 Å². The minimum atomic E-state index is -0.103. The first-order valence-corrected chi connectivity index (χ1v) is 9.10. The van der Waals surface area contributed by atoms with Crippen LogP contribution in [0.15, 0.2) is 48.5 Å². The maximum atomic E-state index is 12.9. The van der Waals surface area contributed by atoms with Crippen molar-refractivity contribution in [2.45, 2.75) is 26.2 Å². The third-order valence-corrected chi connectivity index (χ3v) is 4.23. The van der Waals surface area contributed by atoms with Crippen molar-refractivity contribution in [3.63, 3.8) is 0 Å². The Labute approximate surface area is 162 Å². The number of hydrogen-bond donors (Lipinski definition) is 1. The molecule has 0 atom stereocenters. The molecular formula is C23H29NO3. The van der Waals surface area contributed by atoms with Crippen molar-refractivity contribution in [1.82, 2.24) is 4.90 Å². The van der Waals surface area contributed by atoms with Gasteiger partial charge in [-0.1, -0.05) is 45.0 Å². The van der Waals surface area contributed by atoms with Crippen molar-refractivity contribution in [1.29, 1.82) is 0 Å². The van der Waals surface area contributed by atoms with Crippen molar-refractivity contribution < 1.29 is 14.6 Å². The summed E-state index contributed by atoms with van der Waals surface area (Å²) < 4.78 is 5.88. The van der Waals surface area contributed by atoms with Crippen LogP contribution in [0.25, 0.3) is 6.08 Å². The monoisotopic (exact) mass is 367 g/mol. The van der Waals surface area contributed by atoms with Crippen LogP contribution in [0.4, 0.5) is 0 Å². The molecular weight excluding hydrogens is 338 g/mol. The smallest absolute Gasteiger partial charge is 0.189 e. The molecule has 2 aromatic carbocycles. The van der Waals surface area contributed by atoms with Gasteiger partial charge in [0.15, 0.2) is 5.78 Å². The predicted molar refractivity (Wildman–Crippen MR) is 111 cm³/mol. The van der Waals surface area contributed by atoms with E-state index in [1.165, 1.54) is 0 Å². The van der Waals surface area contributed by atoms with Gasteiger partial charge in [-0.15, -0.1) is 0 Å². The lowest BCUT2D eigenvalue weighted by atomic mass is 9.85. The lowest BCUT2D eigenvalue weighted by molar-refractivity contribution is 0.104. The summed E-state index contributed by atoms with van der Waals surface area (Å²) in [5.74, 6) is 0.701. The van der Waals surface area contributed by atoms with Crippen LogP contribution in [0.1, 0.15) is 42.3 Å². The standard InChI is InChI=1S/C23H29NO3/c1-23(2,3)18-9-13-22(27-15-14-24(4)5)20(16-18)21(26)12-8-17-6-10-19(25)11-7-17/h6-13,16,25H,14-15H2,1-5H3. The second-order valence-corrected chi connectivity index (χ2v) is 7.90. The fourth-order valence-electron chi connectivity index (χ4n) is 2.50. The van der Waals surface area contributed by atoms with Gasteiger partial charge < -0.3 is 14.7 Å². The molecule has 0 unspecified atom stereocenters. The number of phenolic OH excluding ortho intramolecular Hbond substituents is 1. The van der Waals surface area contributed by atoms with E-state index in [2.05, 4.69) is 20.8 Å². The molecule has 4 heteroatoms. The Morgan fingerprint density at radius 1 is 1.11 bits per heavy atom. The molecule has 0 aromatic heterocycles. The van der Waals surface area contributed by atoms with Crippen molar-refractivity contribution in [2.24, 2.45) is 0 Å². The van der Waals surface area contributed by atoms with Gasteiger partial charge in [-0.05, 0) is 61.0 Å². The minimum absolute atomic E-state index is 0.0577. The Balaban J connectivity index is 2.28. The van der Waals surface area contributed by atoms with E-state index in [0.29, 0.717) is 17.9 Å². The van der Waals surface area contributed by atoms with Gasteiger partial charge in [0.2, 0.25) is 0 Å². The Morgan fingerprint density at radius 2 is 1.78 bits per heavy atom. The number of carbonyl (C=O) groups excluding carboxylic acids is 1. The number of carbonyl (C=O) groups is 1. The fourth-order valence-corrected chi connectivity index (χ4v) is 2.50. The number of rotatable bonds is 7. The highest BCUT2D eigenvalue weighted by molar-refractivity contribution is 6.08. The van der Waals surface area contributed by atoms with Crippen LogP contribution >= 0.6 is 0 Å². The number of aromatic hydroxyl groups is 1. The van der Waals surface area contributed by atoms with E-state index in [-0.39, 0.29) is 16.9 Å². The number of ether oxygens (including phenoxy) is 1. The molecule has 0 aliphatic heterocycles. The van der Waals surface area contributed by atoms with Gasteiger partial charge in [-0.3, -0.25) is 4.79 Å². The van der Waals surface area contributed by atoms with E-state index in [1.807, 2.05) is 37.2 Å². The lowest BCUT2D eigenvalue weighted by Crippen LogP contribution is -2.20. The van der Waals surface area contributed by atoms with E-state index >= 15 is 0 Å². The molecule has 0 saturated carbocycles. The molecule has 0 fully saturated rings. The van der Waals surface area contributed by atoms with E-state index in [1.54, 1.807) is 36.4 Å². The zero-order valence-corrected chi connectivity index (χ0v) is 16.8. The summed E-state index contributed by atoms with van der Waals surface area (Å²) in [5, 5.41) is 9.37.